The van der Waals surface area contributed by atoms with Gasteiger partial charge in [0.15, 0.2) is 0 Å². The van der Waals surface area contributed by atoms with Crippen LogP contribution in [0.2, 0.25) is 0 Å². The Morgan fingerprint density at radius 3 is 1.53 bits per heavy atom. The SMILES string of the molecule is c1ccc2c(c1)Sc1c(ccc3c(-c4ccc(-c5ccc6c7ccccc7c7ccccc7c6c5)cc4)nc4ccccc4c13)C21c2ccccc2-c2ccccc21. The van der Waals surface area contributed by atoms with Crippen molar-refractivity contribution < 1.29 is 0 Å². The second-order valence-electron chi connectivity index (χ2n) is 15.7. The van der Waals surface area contributed by atoms with Crippen LogP contribution in [0.1, 0.15) is 22.3 Å². The summed E-state index contributed by atoms with van der Waals surface area (Å²) in [4.78, 5) is 8.04. The van der Waals surface area contributed by atoms with Crippen LogP contribution in [0.15, 0.2) is 210 Å². The highest BCUT2D eigenvalue weighted by Crippen LogP contribution is 2.63. The van der Waals surface area contributed by atoms with Gasteiger partial charge < -0.3 is 0 Å². The molecule has 58 heavy (non-hydrogen) atoms. The Balaban J connectivity index is 1.02. The molecule has 0 fully saturated rings. The molecule has 0 radical (unpaired) electrons. The molecule has 13 rings (SSSR count). The molecule has 1 aliphatic heterocycles. The van der Waals surface area contributed by atoms with Crippen molar-refractivity contribution in [1.29, 1.82) is 0 Å². The van der Waals surface area contributed by atoms with E-state index >= 15 is 0 Å². The van der Waals surface area contributed by atoms with Crippen LogP contribution in [0.25, 0.3) is 87.5 Å². The molecule has 0 N–H and O–H groups in total. The molecule has 0 amide bonds. The first-order valence-electron chi connectivity index (χ1n) is 20.0. The lowest BCUT2D eigenvalue weighted by molar-refractivity contribution is 0.726. The number of nitrogens with zero attached hydrogens (tertiary/aromatic N) is 1. The van der Waals surface area contributed by atoms with E-state index in [4.69, 9.17) is 4.98 Å². The number of hydrogen-bond acceptors (Lipinski definition) is 2. The van der Waals surface area contributed by atoms with Gasteiger partial charge in [0.25, 0.3) is 0 Å². The van der Waals surface area contributed by atoms with Crippen LogP contribution in [-0.2, 0) is 5.41 Å². The highest BCUT2D eigenvalue weighted by atomic mass is 32.2. The Morgan fingerprint density at radius 1 is 0.345 bits per heavy atom. The summed E-state index contributed by atoms with van der Waals surface area (Å²) < 4.78 is 0. The van der Waals surface area contributed by atoms with E-state index in [2.05, 4.69) is 200 Å². The molecule has 1 aromatic heterocycles. The van der Waals surface area contributed by atoms with Gasteiger partial charge in [0, 0.05) is 31.5 Å². The Kier molecular flexibility index (Phi) is 6.65. The van der Waals surface area contributed by atoms with Gasteiger partial charge in [-0.25, -0.2) is 4.98 Å². The molecule has 11 aromatic rings. The number of pyridine rings is 1. The largest absolute Gasteiger partial charge is 0.247 e. The second kappa shape index (κ2) is 12.0. The second-order valence-corrected chi connectivity index (χ2v) is 16.8. The normalized spacial score (nSPS) is 13.6. The average molecular weight is 752 g/mol. The van der Waals surface area contributed by atoms with Gasteiger partial charge in [0.2, 0.25) is 0 Å². The highest BCUT2D eigenvalue weighted by molar-refractivity contribution is 7.99. The molecule has 0 saturated heterocycles. The van der Waals surface area contributed by atoms with Gasteiger partial charge >= 0.3 is 0 Å². The fraction of sp³-hybridized carbons (Fsp3) is 0.0179. The summed E-state index contributed by atoms with van der Waals surface area (Å²) in [5.74, 6) is 0. The zero-order valence-corrected chi connectivity index (χ0v) is 32.2. The lowest BCUT2D eigenvalue weighted by Crippen LogP contribution is -2.32. The lowest BCUT2D eigenvalue weighted by Gasteiger charge is -2.40. The van der Waals surface area contributed by atoms with E-state index in [1.54, 1.807) is 0 Å². The predicted octanol–water partition coefficient (Wildman–Crippen LogP) is 15.0. The van der Waals surface area contributed by atoms with Crippen LogP contribution in [0, 0.1) is 0 Å². The van der Waals surface area contributed by atoms with Gasteiger partial charge in [-0.05, 0) is 95.0 Å². The van der Waals surface area contributed by atoms with E-state index in [-0.39, 0.29) is 0 Å². The zero-order valence-electron chi connectivity index (χ0n) is 31.4. The van der Waals surface area contributed by atoms with Gasteiger partial charge in [-0.2, -0.15) is 0 Å². The number of aromatic nitrogens is 1. The number of rotatable bonds is 2. The van der Waals surface area contributed by atoms with Crippen LogP contribution in [-0.4, -0.2) is 4.98 Å². The molecule has 2 aliphatic rings. The molecule has 0 bridgehead atoms. The Labute approximate surface area is 340 Å². The first kappa shape index (κ1) is 32.1. The third-order valence-electron chi connectivity index (χ3n) is 12.9. The van der Waals surface area contributed by atoms with Crippen molar-refractivity contribution in [1.82, 2.24) is 4.98 Å². The van der Waals surface area contributed by atoms with Crippen molar-refractivity contribution in [3.8, 4) is 33.5 Å². The van der Waals surface area contributed by atoms with Crippen molar-refractivity contribution in [2.24, 2.45) is 0 Å². The Morgan fingerprint density at radius 2 is 0.845 bits per heavy atom. The first-order valence-corrected chi connectivity index (χ1v) is 20.9. The summed E-state index contributed by atoms with van der Waals surface area (Å²) in [5, 5.41) is 11.4. The quantitative estimate of drug-likeness (QED) is 0.163. The molecule has 0 saturated carbocycles. The smallest absolute Gasteiger partial charge is 0.0788 e. The molecule has 1 nitrogen and oxygen atoms in total. The third-order valence-corrected chi connectivity index (χ3v) is 14.1. The number of hydrogen-bond donors (Lipinski definition) is 0. The fourth-order valence-corrected chi connectivity index (χ4v) is 11.8. The fourth-order valence-electron chi connectivity index (χ4n) is 10.5. The lowest BCUT2D eigenvalue weighted by atomic mass is 9.67. The maximum atomic E-state index is 5.42. The average Bonchev–Trinajstić information content (AvgIpc) is 3.59. The predicted molar refractivity (Wildman–Crippen MR) is 244 cm³/mol. The molecule has 268 valence electrons. The van der Waals surface area contributed by atoms with Crippen molar-refractivity contribution in [2.75, 3.05) is 0 Å². The molecule has 1 spiro atoms. The van der Waals surface area contributed by atoms with E-state index in [0.29, 0.717) is 0 Å². The number of benzene rings is 10. The van der Waals surface area contributed by atoms with E-state index in [1.807, 2.05) is 11.8 Å². The summed E-state index contributed by atoms with van der Waals surface area (Å²) in [6, 6.07) is 74.2. The highest BCUT2D eigenvalue weighted by Gasteiger charge is 2.50. The van der Waals surface area contributed by atoms with E-state index in [9.17, 15) is 0 Å². The third kappa shape index (κ3) is 4.25. The monoisotopic (exact) mass is 751 g/mol. The zero-order chi connectivity index (χ0) is 38.0. The Hall–Kier alpha value is -7.00. The summed E-state index contributed by atoms with van der Waals surface area (Å²) in [6.45, 7) is 0. The van der Waals surface area contributed by atoms with E-state index in [0.717, 1.165) is 16.8 Å². The van der Waals surface area contributed by atoms with Crippen molar-refractivity contribution in [3.05, 3.63) is 222 Å². The summed E-state index contributed by atoms with van der Waals surface area (Å²) in [7, 11) is 0. The van der Waals surface area contributed by atoms with E-state index < -0.39 is 5.41 Å². The van der Waals surface area contributed by atoms with E-state index in [1.165, 1.54) is 103 Å². The molecular weight excluding hydrogens is 719 g/mol. The van der Waals surface area contributed by atoms with Crippen LogP contribution >= 0.6 is 11.8 Å². The minimum atomic E-state index is -0.428. The van der Waals surface area contributed by atoms with Crippen LogP contribution in [0.4, 0.5) is 0 Å². The summed E-state index contributed by atoms with van der Waals surface area (Å²) in [6.07, 6.45) is 0. The van der Waals surface area contributed by atoms with Crippen molar-refractivity contribution >= 4 is 65.8 Å². The van der Waals surface area contributed by atoms with Crippen LogP contribution in [0.3, 0.4) is 0 Å². The first-order chi connectivity index (χ1) is 28.8. The minimum Gasteiger partial charge on any atom is -0.247 e. The summed E-state index contributed by atoms with van der Waals surface area (Å²) >= 11 is 1.91. The van der Waals surface area contributed by atoms with Crippen LogP contribution < -0.4 is 0 Å². The minimum absolute atomic E-state index is 0.428. The Bertz CT molecular complexity index is 3460. The van der Waals surface area contributed by atoms with Gasteiger partial charge in [0.1, 0.15) is 0 Å². The van der Waals surface area contributed by atoms with Crippen molar-refractivity contribution in [2.45, 2.75) is 15.2 Å². The van der Waals surface area contributed by atoms with Gasteiger partial charge in [0.05, 0.1) is 16.6 Å². The van der Waals surface area contributed by atoms with Gasteiger partial charge in [-0.1, -0.05) is 194 Å². The maximum absolute atomic E-state index is 5.42. The molecule has 0 atom stereocenters. The standard InChI is InChI=1S/C56H33NS/c1-2-15-39-37(13-1)38-14-3-4-16-40(38)46-33-36(29-30-41(39)46)34-25-27-35(28-26-34)54-45-31-32-50-55(53(45)44-19-7-11-23-51(44)57-54)58-52-24-12-10-22-49(52)56(50)47-20-8-5-17-42(47)43-18-6-9-21-48(43)56/h1-33H. The van der Waals surface area contributed by atoms with Crippen molar-refractivity contribution in [3.63, 3.8) is 0 Å². The van der Waals surface area contributed by atoms with Gasteiger partial charge in [-0.15, -0.1) is 0 Å². The molecular formula is C56H33NS. The topological polar surface area (TPSA) is 12.9 Å². The maximum Gasteiger partial charge on any atom is 0.0788 e. The molecule has 10 aromatic carbocycles. The molecule has 1 aliphatic carbocycles. The summed E-state index contributed by atoms with van der Waals surface area (Å²) in [5.41, 5.74) is 13.2. The molecule has 2 heterocycles. The molecule has 0 unspecified atom stereocenters. The molecule has 2 heteroatoms. The van der Waals surface area contributed by atoms with Gasteiger partial charge in [-0.3, -0.25) is 0 Å². The van der Waals surface area contributed by atoms with Crippen LogP contribution in [0.5, 0.6) is 0 Å². The number of fused-ring (bicyclic) bond motifs is 19. The number of para-hydroxylation sites is 1.